The standard InChI is InChI=1S/C9H17N3O3S/c1-6(15-4)5-10-16(13,14)9-7(2)11-12-8(9)3/h6,10H,5H2,1-4H3,(H,11,12). The number of aryl methyl sites for hydroxylation is 2. The van der Waals surface area contributed by atoms with Gasteiger partial charge in [0, 0.05) is 13.7 Å². The first-order chi connectivity index (χ1) is 7.38. The van der Waals surface area contributed by atoms with Crippen LogP contribution in [0.1, 0.15) is 18.3 Å². The number of aromatic nitrogens is 2. The van der Waals surface area contributed by atoms with Crippen LogP contribution < -0.4 is 4.72 Å². The Hall–Kier alpha value is -0.920. The van der Waals surface area contributed by atoms with Gasteiger partial charge in [-0.3, -0.25) is 5.10 Å². The number of H-pyrrole nitrogens is 1. The van der Waals surface area contributed by atoms with Crippen molar-refractivity contribution < 1.29 is 13.2 Å². The predicted octanol–water partition coefficient (Wildman–Crippen LogP) is 0.340. The number of nitrogens with one attached hydrogen (secondary N) is 2. The first-order valence-corrected chi connectivity index (χ1v) is 6.41. The third-order valence-corrected chi connectivity index (χ3v) is 3.98. The van der Waals surface area contributed by atoms with Gasteiger partial charge in [-0.1, -0.05) is 0 Å². The maximum absolute atomic E-state index is 11.9. The lowest BCUT2D eigenvalue weighted by atomic mass is 10.4. The van der Waals surface area contributed by atoms with Crippen LogP contribution in [0.5, 0.6) is 0 Å². The summed E-state index contributed by atoms with van der Waals surface area (Å²) in [5.74, 6) is 0. The summed E-state index contributed by atoms with van der Waals surface area (Å²) in [6.45, 7) is 5.35. The number of methoxy groups -OCH3 is 1. The highest BCUT2D eigenvalue weighted by Crippen LogP contribution is 2.15. The number of rotatable bonds is 5. The molecule has 0 aliphatic heterocycles. The summed E-state index contributed by atoms with van der Waals surface area (Å²) in [5, 5.41) is 6.50. The third kappa shape index (κ3) is 2.81. The van der Waals surface area contributed by atoms with Crippen LogP contribution in [0.15, 0.2) is 4.90 Å². The first kappa shape index (κ1) is 13.1. The highest BCUT2D eigenvalue weighted by atomic mass is 32.2. The summed E-state index contributed by atoms with van der Waals surface area (Å²) in [6, 6.07) is 0. The molecule has 0 aliphatic rings. The van der Waals surface area contributed by atoms with E-state index in [4.69, 9.17) is 4.74 Å². The average molecular weight is 247 g/mol. The zero-order valence-electron chi connectivity index (χ0n) is 9.86. The molecule has 1 atom stereocenters. The molecule has 1 aromatic heterocycles. The Balaban J connectivity index is 2.87. The molecular formula is C9H17N3O3S. The van der Waals surface area contributed by atoms with Crippen LogP contribution in [-0.2, 0) is 14.8 Å². The third-order valence-electron chi connectivity index (χ3n) is 2.29. The Kier molecular flexibility index (Phi) is 4.06. The fourth-order valence-corrected chi connectivity index (χ4v) is 2.80. The second-order valence-electron chi connectivity index (χ2n) is 3.66. The minimum absolute atomic E-state index is 0.165. The van der Waals surface area contributed by atoms with Crippen molar-refractivity contribution in [2.45, 2.75) is 31.8 Å². The van der Waals surface area contributed by atoms with Gasteiger partial charge >= 0.3 is 0 Å². The maximum atomic E-state index is 11.9. The largest absolute Gasteiger partial charge is 0.380 e. The van der Waals surface area contributed by atoms with E-state index >= 15 is 0 Å². The molecule has 1 rings (SSSR count). The van der Waals surface area contributed by atoms with Gasteiger partial charge in [-0.05, 0) is 20.8 Å². The zero-order chi connectivity index (χ0) is 12.3. The molecule has 6 nitrogen and oxygen atoms in total. The summed E-state index contributed by atoms with van der Waals surface area (Å²) < 4.78 is 31.3. The molecule has 0 radical (unpaired) electrons. The van der Waals surface area contributed by atoms with E-state index in [2.05, 4.69) is 14.9 Å². The molecule has 2 N–H and O–H groups in total. The molecule has 0 spiro atoms. The monoisotopic (exact) mass is 247 g/mol. The molecule has 0 aromatic carbocycles. The van der Waals surface area contributed by atoms with E-state index in [1.807, 2.05) is 0 Å². The molecule has 1 unspecified atom stereocenters. The van der Waals surface area contributed by atoms with Gasteiger partial charge in [-0.2, -0.15) is 5.10 Å². The smallest absolute Gasteiger partial charge is 0.244 e. The number of hydrogen-bond donors (Lipinski definition) is 2. The predicted molar refractivity (Wildman–Crippen MR) is 59.7 cm³/mol. The second kappa shape index (κ2) is 4.94. The molecule has 0 aliphatic carbocycles. The maximum Gasteiger partial charge on any atom is 0.244 e. The van der Waals surface area contributed by atoms with Crippen molar-refractivity contribution in [2.24, 2.45) is 0 Å². The van der Waals surface area contributed by atoms with Gasteiger partial charge in [0.2, 0.25) is 10.0 Å². The van der Waals surface area contributed by atoms with Crippen LogP contribution in [0, 0.1) is 13.8 Å². The van der Waals surface area contributed by atoms with E-state index in [9.17, 15) is 8.42 Å². The Morgan fingerprint density at radius 1 is 1.50 bits per heavy atom. The molecular weight excluding hydrogens is 230 g/mol. The van der Waals surface area contributed by atoms with E-state index in [0.717, 1.165) is 0 Å². The molecule has 16 heavy (non-hydrogen) atoms. The summed E-state index contributed by atoms with van der Waals surface area (Å²) >= 11 is 0. The topological polar surface area (TPSA) is 84.1 Å². The number of ether oxygens (including phenoxy) is 1. The normalized spacial score (nSPS) is 14.0. The lowest BCUT2D eigenvalue weighted by molar-refractivity contribution is 0.122. The number of hydrogen-bond acceptors (Lipinski definition) is 4. The molecule has 1 aromatic rings. The minimum Gasteiger partial charge on any atom is -0.380 e. The minimum atomic E-state index is -3.51. The quantitative estimate of drug-likeness (QED) is 0.786. The van der Waals surface area contributed by atoms with Crippen molar-refractivity contribution in [3.63, 3.8) is 0 Å². The van der Waals surface area contributed by atoms with Crippen LogP contribution in [0.4, 0.5) is 0 Å². The van der Waals surface area contributed by atoms with Crippen molar-refractivity contribution in [1.29, 1.82) is 0 Å². The van der Waals surface area contributed by atoms with Crippen molar-refractivity contribution in [2.75, 3.05) is 13.7 Å². The van der Waals surface area contributed by atoms with Crippen LogP contribution in [0.25, 0.3) is 0 Å². The van der Waals surface area contributed by atoms with Crippen LogP contribution >= 0.6 is 0 Å². The zero-order valence-corrected chi connectivity index (χ0v) is 10.7. The highest BCUT2D eigenvalue weighted by molar-refractivity contribution is 7.89. The van der Waals surface area contributed by atoms with E-state index < -0.39 is 10.0 Å². The van der Waals surface area contributed by atoms with E-state index in [0.29, 0.717) is 11.4 Å². The first-order valence-electron chi connectivity index (χ1n) is 4.92. The van der Waals surface area contributed by atoms with Crippen molar-refractivity contribution in [3.05, 3.63) is 11.4 Å². The fraction of sp³-hybridized carbons (Fsp3) is 0.667. The Morgan fingerprint density at radius 2 is 2.12 bits per heavy atom. The van der Waals surface area contributed by atoms with Gasteiger partial charge in [-0.25, -0.2) is 13.1 Å². The van der Waals surface area contributed by atoms with Crippen LogP contribution in [-0.4, -0.2) is 38.4 Å². The number of nitrogens with zero attached hydrogens (tertiary/aromatic N) is 1. The summed E-state index contributed by atoms with van der Waals surface area (Å²) in [6.07, 6.45) is -0.165. The summed E-state index contributed by atoms with van der Waals surface area (Å²) in [4.78, 5) is 0.218. The van der Waals surface area contributed by atoms with E-state index in [1.165, 1.54) is 7.11 Å². The lowest BCUT2D eigenvalue weighted by Gasteiger charge is -2.11. The fourth-order valence-electron chi connectivity index (χ4n) is 1.32. The summed E-state index contributed by atoms with van der Waals surface area (Å²) in [7, 11) is -1.97. The van der Waals surface area contributed by atoms with Crippen LogP contribution in [0.3, 0.4) is 0 Å². The Labute approximate surface area is 95.4 Å². The number of sulfonamides is 1. The molecule has 0 saturated carbocycles. The average Bonchev–Trinajstić information content (AvgIpc) is 2.55. The van der Waals surface area contributed by atoms with Crippen molar-refractivity contribution >= 4 is 10.0 Å². The lowest BCUT2D eigenvalue weighted by Crippen LogP contribution is -2.32. The second-order valence-corrected chi connectivity index (χ2v) is 5.37. The molecule has 0 saturated heterocycles. The highest BCUT2D eigenvalue weighted by Gasteiger charge is 2.22. The van der Waals surface area contributed by atoms with Crippen LogP contribution in [0.2, 0.25) is 0 Å². The molecule has 0 bridgehead atoms. The van der Waals surface area contributed by atoms with E-state index in [1.54, 1.807) is 20.8 Å². The molecule has 0 amide bonds. The molecule has 7 heteroatoms. The molecule has 92 valence electrons. The van der Waals surface area contributed by atoms with Gasteiger partial charge in [0.15, 0.2) is 0 Å². The van der Waals surface area contributed by atoms with Crippen molar-refractivity contribution in [1.82, 2.24) is 14.9 Å². The Morgan fingerprint density at radius 3 is 2.56 bits per heavy atom. The molecule has 1 heterocycles. The Bertz CT molecular complexity index is 433. The number of aromatic amines is 1. The SMILES string of the molecule is COC(C)CNS(=O)(=O)c1c(C)n[nH]c1C. The van der Waals surface area contributed by atoms with Gasteiger partial charge in [-0.15, -0.1) is 0 Å². The summed E-state index contributed by atoms with van der Waals surface area (Å²) in [5.41, 5.74) is 1.00. The van der Waals surface area contributed by atoms with Gasteiger partial charge in [0.05, 0.1) is 17.5 Å². The van der Waals surface area contributed by atoms with Crippen molar-refractivity contribution in [3.8, 4) is 0 Å². The van der Waals surface area contributed by atoms with Gasteiger partial charge < -0.3 is 4.74 Å². The molecule has 0 fully saturated rings. The van der Waals surface area contributed by atoms with E-state index in [-0.39, 0.29) is 17.5 Å². The van der Waals surface area contributed by atoms with Gasteiger partial charge in [0.25, 0.3) is 0 Å². The van der Waals surface area contributed by atoms with Gasteiger partial charge in [0.1, 0.15) is 4.90 Å².